The van der Waals surface area contributed by atoms with E-state index in [0.29, 0.717) is 12.8 Å². The number of pyridine rings is 1. The quantitative estimate of drug-likeness (QED) is 0.640. The van der Waals surface area contributed by atoms with E-state index in [0.717, 1.165) is 18.5 Å². The van der Waals surface area contributed by atoms with Crippen LogP contribution in [0.4, 0.5) is 4.39 Å². The van der Waals surface area contributed by atoms with E-state index in [2.05, 4.69) is 9.71 Å². The van der Waals surface area contributed by atoms with Gasteiger partial charge in [0, 0.05) is 18.1 Å². The molecule has 0 aliphatic heterocycles. The van der Waals surface area contributed by atoms with Crippen molar-refractivity contribution >= 4 is 21.6 Å². The van der Waals surface area contributed by atoms with Crippen LogP contribution >= 0.6 is 11.6 Å². The lowest BCUT2D eigenvalue weighted by molar-refractivity contribution is 0.571. The number of alkyl halides is 1. The van der Waals surface area contributed by atoms with Gasteiger partial charge in [-0.25, -0.2) is 17.5 Å². The summed E-state index contributed by atoms with van der Waals surface area (Å²) in [4.78, 5) is 3.32. The van der Waals surface area contributed by atoms with Gasteiger partial charge in [0.2, 0.25) is 10.0 Å². The Kier molecular flexibility index (Phi) is 5.30. The van der Waals surface area contributed by atoms with E-state index in [1.54, 1.807) is 0 Å². The molecule has 1 aromatic heterocycles. The zero-order chi connectivity index (χ0) is 12.9. The van der Waals surface area contributed by atoms with Gasteiger partial charge >= 0.3 is 0 Å². The second-order valence-corrected chi connectivity index (χ2v) is 6.17. The zero-order valence-electron chi connectivity index (χ0n) is 9.36. The normalized spacial score (nSPS) is 13.6. The lowest BCUT2D eigenvalue weighted by Crippen LogP contribution is -2.25. The number of hydrogen-bond acceptors (Lipinski definition) is 3. The van der Waals surface area contributed by atoms with Crippen molar-refractivity contribution in [3.8, 4) is 0 Å². The monoisotopic (exact) mass is 280 g/mol. The first-order valence-electron chi connectivity index (χ1n) is 5.16. The molecule has 4 nitrogen and oxygen atoms in total. The highest BCUT2D eigenvalue weighted by Gasteiger charge is 2.14. The summed E-state index contributed by atoms with van der Waals surface area (Å²) in [5.41, 5.74) is 0. The molecular formula is C10H14ClFN2O2S. The molecule has 0 aliphatic carbocycles. The standard InChI is InChI=1S/C10H14ClFN2O2S/c1-8(11)3-2-4-14-17(15,16)10-5-9(12)6-13-7-10/h5-8,14H,2-4H2,1H3. The van der Waals surface area contributed by atoms with E-state index in [1.165, 1.54) is 0 Å². The lowest BCUT2D eigenvalue weighted by atomic mass is 10.2. The summed E-state index contributed by atoms with van der Waals surface area (Å²) in [6.07, 6.45) is 3.40. The van der Waals surface area contributed by atoms with Crippen LogP contribution in [-0.4, -0.2) is 25.3 Å². The molecule has 1 N–H and O–H groups in total. The van der Waals surface area contributed by atoms with Gasteiger partial charge in [0.15, 0.2) is 0 Å². The summed E-state index contributed by atoms with van der Waals surface area (Å²) in [5, 5.41) is 0.00957. The lowest BCUT2D eigenvalue weighted by Gasteiger charge is -2.07. The zero-order valence-corrected chi connectivity index (χ0v) is 10.9. The van der Waals surface area contributed by atoms with Crippen molar-refractivity contribution in [2.75, 3.05) is 6.54 Å². The van der Waals surface area contributed by atoms with Crippen LogP contribution in [-0.2, 0) is 10.0 Å². The van der Waals surface area contributed by atoms with Crippen molar-refractivity contribution < 1.29 is 12.8 Å². The Labute approximate surface area is 105 Å². The highest BCUT2D eigenvalue weighted by molar-refractivity contribution is 7.89. The van der Waals surface area contributed by atoms with Gasteiger partial charge in [0.1, 0.15) is 10.7 Å². The smallest absolute Gasteiger partial charge is 0.242 e. The summed E-state index contributed by atoms with van der Waals surface area (Å²) in [6.45, 7) is 2.11. The molecule has 0 saturated heterocycles. The number of nitrogens with zero attached hydrogens (tertiary/aromatic N) is 1. The van der Waals surface area contributed by atoms with Crippen LogP contribution in [0.1, 0.15) is 19.8 Å². The Morgan fingerprint density at radius 2 is 2.24 bits per heavy atom. The van der Waals surface area contributed by atoms with Gasteiger partial charge in [0.25, 0.3) is 0 Å². The molecule has 1 heterocycles. The van der Waals surface area contributed by atoms with Crippen molar-refractivity contribution in [3.63, 3.8) is 0 Å². The molecule has 0 fully saturated rings. The molecule has 1 aromatic rings. The summed E-state index contributed by atoms with van der Waals surface area (Å²) in [5.74, 6) is -0.678. The Morgan fingerprint density at radius 1 is 1.53 bits per heavy atom. The second kappa shape index (κ2) is 6.28. The van der Waals surface area contributed by atoms with Crippen LogP contribution in [0, 0.1) is 5.82 Å². The minimum Gasteiger partial charge on any atom is -0.260 e. The van der Waals surface area contributed by atoms with Crippen LogP contribution in [0.2, 0.25) is 0 Å². The van der Waals surface area contributed by atoms with Gasteiger partial charge in [-0.3, -0.25) is 4.98 Å². The molecule has 7 heteroatoms. The predicted molar refractivity (Wildman–Crippen MR) is 63.9 cm³/mol. The molecule has 0 amide bonds. The first kappa shape index (κ1) is 14.3. The molecule has 0 aromatic carbocycles. The summed E-state index contributed by atoms with van der Waals surface area (Å²) in [7, 11) is -3.68. The van der Waals surface area contributed by atoms with Crippen LogP contribution < -0.4 is 4.72 Å². The highest BCUT2D eigenvalue weighted by Crippen LogP contribution is 2.09. The van der Waals surface area contributed by atoms with Crippen LogP contribution in [0.15, 0.2) is 23.4 Å². The molecule has 96 valence electrons. The Balaban J connectivity index is 2.57. The average molecular weight is 281 g/mol. The molecule has 0 bridgehead atoms. The van der Waals surface area contributed by atoms with Gasteiger partial charge < -0.3 is 0 Å². The summed E-state index contributed by atoms with van der Waals surface area (Å²) < 4.78 is 38.5. The number of rotatable bonds is 6. The van der Waals surface area contributed by atoms with Crippen molar-refractivity contribution in [2.45, 2.75) is 30.0 Å². The molecule has 17 heavy (non-hydrogen) atoms. The number of aromatic nitrogens is 1. The third-order valence-electron chi connectivity index (χ3n) is 2.06. The van der Waals surface area contributed by atoms with Gasteiger partial charge in [-0.15, -0.1) is 11.6 Å². The fraction of sp³-hybridized carbons (Fsp3) is 0.500. The molecule has 0 radical (unpaired) electrons. The fourth-order valence-corrected chi connectivity index (χ4v) is 2.41. The predicted octanol–water partition coefficient (Wildman–Crippen LogP) is 1.91. The van der Waals surface area contributed by atoms with Crippen molar-refractivity contribution in [1.29, 1.82) is 0 Å². The molecule has 0 spiro atoms. The molecular weight excluding hydrogens is 267 g/mol. The van der Waals surface area contributed by atoms with Gasteiger partial charge in [-0.1, -0.05) is 0 Å². The SMILES string of the molecule is CC(Cl)CCCNS(=O)(=O)c1cncc(F)c1. The number of sulfonamides is 1. The van der Waals surface area contributed by atoms with Crippen molar-refractivity contribution in [3.05, 3.63) is 24.3 Å². The van der Waals surface area contributed by atoms with Crippen LogP contribution in [0.3, 0.4) is 0 Å². The minimum atomic E-state index is -3.68. The topological polar surface area (TPSA) is 59.1 Å². The van der Waals surface area contributed by atoms with E-state index in [4.69, 9.17) is 11.6 Å². The minimum absolute atomic E-state index is 0.00957. The molecule has 1 atom stereocenters. The molecule has 1 rings (SSSR count). The second-order valence-electron chi connectivity index (χ2n) is 3.66. The number of hydrogen-bond donors (Lipinski definition) is 1. The van der Waals surface area contributed by atoms with Crippen molar-refractivity contribution in [2.24, 2.45) is 0 Å². The maximum Gasteiger partial charge on any atom is 0.242 e. The molecule has 1 unspecified atom stereocenters. The fourth-order valence-electron chi connectivity index (χ4n) is 1.21. The summed E-state index contributed by atoms with van der Waals surface area (Å²) >= 11 is 5.73. The highest BCUT2D eigenvalue weighted by atomic mass is 35.5. The van der Waals surface area contributed by atoms with Gasteiger partial charge in [-0.05, 0) is 25.8 Å². The maximum absolute atomic E-state index is 12.8. The molecule has 0 aliphatic rings. The van der Waals surface area contributed by atoms with Gasteiger partial charge in [-0.2, -0.15) is 0 Å². The summed E-state index contributed by atoms with van der Waals surface area (Å²) in [6, 6.07) is 0.930. The van der Waals surface area contributed by atoms with E-state index in [1.807, 2.05) is 6.92 Å². The van der Waals surface area contributed by atoms with E-state index >= 15 is 0 Å². The van der Waals surface area contributed by atoms with Crippen LogP contribution in [0.25, 0.3) is 0 Å². The third kappa shape index (κ3) is 4.97. The van der Waals surface area contributed by atoms with Crippen molar-refractivity contribution in [1.82, 2.24) is 9.71 Å². The van der Waals surface area contributed by atoms with Crippen LogP contribution in [0.5, 0.6) is 0 Å². The Morgan fingerprint density at radius 3 is 2.82 bits per heavy atom. The maximum atomic E-state index is 12.8. The largest absolute Gasteiger partial charge is 0.260 e. The Hall–Kier alpha value is -0.720. The van der Waals surface area contributed by atoms with E-state index < -0.39 is 15.8 Å². The van der Waals surface area contributed by atoms with E-state index in [-0.39, 0.29) is 16.8 Å². The number of nitrogens with one attached hydrogen (secondary N) is 1. The third-order valence-corrected chi connectivity index (χ3v) is 3.71. The molecule has 0 saturated carbocycles. The first-order valence-corrected chi connectivity index (χ1v) is 7.08. The Bertz CT molecular complexity index is 465. The first-order chi connectivity index (χ1) is 7.92. The van der Waals surface area contributed by atoms with Gasteiger partial charge in [0.05, 0.1) is 6.20 Å². The van der Waals surface area contributed by atoms with E-state index in [9.17, 15) is 12.8 Å². The number of halogens is 2. The average Bonchev–Trinajstić information content (AvgIpc) is 2.24.